The van der Waals surface area contributed by atoms with E-state index >= 15 is 0 Å². The molecule has 1 heteroatoms. The van der Waals surface area contributed by atoms with Gasteiger partial charge in [0.1, 0.15) is 0 Å². The second kappa shape index (κ2) is 4.66. The van der Waals surface area contributed by atoms with Crippen molar-refractivity contribution in [2.75, 3.05) is 0 Å². The summed E-state index contributed by atoms with van der Waals surface area (Å²) in [6.45, 7) is 14.9. The highest BCUT2D eigenvalue weighted by molar-refractivity contribution is 5.08. The van der Waals surface area contributed by atoms with Gasteiger partial charge in [-0.2, -0.15) is 0 Å². The number of nitrogens with two attached hydrogens (primary N) is 1. The normalized spacial score (nSPS) is 16.7. The average Bonchev–Trinajstić information content (AvgIpc) is 2.00. The zero-order valence-corrected chi connectivity index (χ0v) is 9.09. The van der Waals surface area contributed by atoms with Gasteiger partial charge in [-0.1, -0.05) is 46.8 Å². The fraction of sp³-hybridized carbons (Fsp3) is 0.818. The van der Waals surface area contributed by atoms with Gasteiger partial charge in [0.05, 0.1) is 0 Å². The molecule has 0 rings (SSSR count). The van der Waals surface area contributed by atoms with Crippen LogP contribution in [0.2, 0.25) is 0 Å². The molecule has 0 aromatic rings. The van der Waals surface area contributed by atoms with E-state index in [-0.39, 0.29) is 6.04 Å². The Balaban J connectivity index is 4.19. The smallest absolute Gasteiger partial charge is 0.0281 e. The van der Waals surface area contributed by atoms with Crippen LogP contribution in [0.15, 0.2) is 12.2 Å². The van der Waals surface area contributed by atoms with Crippen LogP contribution in [0, 0.1) is 17.8 Å². The minimum atomic E-state index is 0.157. The summed E-state index contributed by atoms with van der Waals surface area (Å²) in [5, 5.41) is 0. The summed E-state index contributed by atoms with van der Waals surface area (Å²) >= 11 is 0. The first-order valence-electron chi connectivity index (χ1n) is 4.82. The van der Waals surface area contributed by atoms with Crippen molar-refractivity contribution >= 4 is 0 Å². The van der Waals surface area contributed by atoms with Gasteiger partial charge < -0.3 is 5.73 Å². The van der Waals surface area contributed by atoms with Crippen molar-refractivity contribution in [2.45, 2.75) is 40.7 Å². The molecule has 0 aliphatic carbocycles. The maximum atomic E-state index is 6.06. The van der Waals surface area contributed by atoms with Gasteiger partial charge in [-0.3, -0.25) is 0 Å². The van der Waals surface area contributed by atoms with E-state index in [0.29, 0.717) is 17.8 Å². The van der Waals surface area contributed by atoms with E-state index in [0.717, 1.165) is 0 Å². The van der Waals surface area contributed by atoms with Gasteiger partial charge in [0, 0.05) is 6.04 Å². The van der Waals surface area contributed by atoms with Crippen LogP contribution in [0.25, 0.3) is 0 Å². The second-order valence-corrected chi connectivity index (χ2v) is 4.36. The fourth-order valence-electron chi connectivity index (χ4n) is 1.14. The van der Waals surface area contributed by atoms with Crippen molar-refractivity contribution in [3.8, 4) is 0 Å². The van der Waals surface area contributed by atoms with Gasteiger partial charge in [0.25, 0.3) is 0 Å². The topological polar surface area (TPSA) is 26.0 Å². The summed E-state index contributed by atoms with van der Waals surface area (Å²) in [4.78, 5) is 0. The fourth-order valence-corrected chi connectivity index (χ4v) is 1.14. The molecule has 0 saturated heterocycles. The van der Waals surface area contributed by atoms with E-state index < -0.39 is 0 Å². The van der Waals surface area contributed by atoms with E-state index in [9.17, 15) is 0 Å². The Morgan fingerprint density at radius 1 is 1.08 bits per heavy atom. The zero-order valence-electron chi connectivity index (χ0n) is 9.09. The highest BCUT2D eigenvalue weighted by Crippen LogP contribution is 2.21. The van der Waals surface area contributed by atoms with Gasteiger partial charge in [-0.15, -0.1) is 0 Å². The number of rotatable bonds is 4. The highest BCUT2D eigenvalue weighted by atomic mass is 14.7. The lowest BCUT2D eigenvalue weighted by Crippen LogP contribution is -2.34. The van der Waals surface area contributed by atoms with E-state index in [1.807, 2.05) is 0 Å². The van der Waals surface area contributed by atoms with Crippen LogP contribution in [0.1, 0.15) is 34.6 Å². The minimum Gasteiger partial charge on any atom is -0.324 e. The van der Waals surface area contributed by atoms with Crippen LogP contribution in [0.3, 0.4) is 0 Å². The molecule has 1 nitrogen and oxygen atoms in total. The second-order valence-electron chi connectivity index (χ2n) is 4.36. The number of hydrogen-bond donors (Lipinski definition) is 1. The molecule has 0 bridgehead atoms. The summed E-state index contributed by atoms with van der Waals surface area (Å²) in [5.74, 6) is 1.66. The van der Waals surface area contributed by atoms with Crippen LogP contribution >= 0.6 is 0 Å². The molecule has 0 aromatic heterocycles. The first kappa shape index (κ1) is 11.7. The molecular formula is C11H23N. The molecule has 0 saturated carbocycles. The van der Waals surface area contributed by atoms with Crippen LogP contribution < -0.4 is 5.73 Å². The third-order valence-corrected chi connectivity index (χ3v) is 2.79. The Morgan fingerprint density at radius 2 is 1.50 bits per heavy atom. The maximum Gasteiger partial charge on any atom is 0.0281 e. The summed E-state index contributed by atoms with van der Waals surface area (Å²) in [6, 6.07) is 0.157. The minimum absolute atomic E-state index is 0.157. The van der Waals surface area contributed by atoms with E-state index in [4.69, 9.17) is 5.73 Å². The Kier molecular flexibility index (Phi) is 4.54. The lowest BCUT2D eigenvalue weighted by molar-refractivity contribution is 0.361. The molecule has 0 spiro atoms. The SMILES string of the molecule is C=C(C(C)C)C(N)C(C)C(C)C. The predicted octanol–water partition coefficient (Wildman–Crippen LogP) is 2.82. The van der Waals surface area contributed by atoms with Crippen molar-refractivity contribution < 1.29 is 0 Å². The molecule has 0 fully saturated rings. The summed E-state index contributed by atoms with van der Waals surface area (Å²) in [7, 11) is 0. The van der Waals surface area contributed by atoms with Gasteiger partial charge in [-0.05, 0) is 17.8 Å². The number of hydrogen-bond acceptors (Lipinski definition) is 1. The molecule has 2 atom stereocenters. The first-order valence-corrected chi connectivity index (χ1v) is 4.82. The molecule has 2 N–H and O–H groups in total. The van der Waals surface area contributed by atoms with E-state index in [2.05, 4.69) is 41.2 Å². The van der Waals surface area contributed by atoms with Crippen molar-refractivity contribution in [1.82, 2.24) is 0 Å². The summed E-state index contributed by atoms with van der Waals surface area (Å²) in [6.07, 6.45) is 0. The van der Waals surface area contributed by atoms with Crippen LogP contribution in [0.5, 0.6) is 0 Å². The molecule has 2 unspecified atom stereocenters. The Labute approximate surface area is 77.0 Å². The zero-order chi connectivity index (χ0) is 9.89. The molecular weight excluding hydrogens is 146 g/mol. The third-order valence-electron chi connectivity index (χ3n) is 2.79. The standard InChI is InChI=1S/C11H23N/c1-7(2)9(5)11(12)10(6)8(3)4/h7-8,10-11H,5,12H2,1-4,6H3. The molecule has 12 heavy (non-hydrogen) atoms. The third kappa shape index (κ3) is 2.98. The van der Waals surface area contributed by atoms with Crippen molar-refractivity contribution in [3.63, 3.8) is 0 Å². The van der Waals surface area contributed by atoms with Crippen LogP contribution in [-0.2, 0) is 0 Å². The highest BCUT2D eigenvalue weighted by Gasteiger charge is 2.20. The monoisotopic (exact) mass is 169 g/mol. The van der Waals surface area contributed by atoms with Gasteiger partial charge in [0.15, 0.2) is 0 Å². The van der Waals surface area contributed by atoms with E-state index in [1.165, 1.54) is 5.57 Å². The van der Waals surface area contributed by atoms with Gasteiger partial charge >= 0.3 is 0 Å². The Morgan fingerprint density at radius 3 is 1.75 bits per heavy atom. The van der Waals surface area contributed by atoms with Gasteiger partial charge in [-0.25, -0.2) is 0 Å². The van der Waals surface area contributed by atoms with Crippen LogP contribution in [-0.4, -0.2) is 6.04 Å². The first-order chi connectivity index (χ1) is 5.37. The molecule has 0 radical (unpaired) electrons. The molecule has 0 aliphatic rings. The average molecular weight is 169 g/mol. The Bertz CT molecular complexity index is 147. The Hall–Kier alpha value is -0.300. The quantitative estimate of drug-likeness (QED) is 0.643. The molecule has 72 valence electrons. The molecule has 0 aliphatic heterocycles. The largest absolute Gasteiger partial charge is 0.324 e. The molecule has 0 amide bonds. The maximum absolute atomic E-state index is 6.06. The van der Waals surface area contributed by atoms with Crippen molar-refractivity contribution in [2.24, 2.45) is 23.5 Å². The molecule has 0 aromatic carbocycles. The van der Waals surface area contributed by atoms with E-state index in [1.54, 1.807) is 0 Å². The van der Waals surface area contributed by atoms with Crippen LogP contribution in [0.4, 0.5) is 0 Å². The lowest BCUT2D eigenvalue weighted by Gasteiger charge is -2.27. The summed E-state index contributed by atoms with van der Waals surface area (Å²) < 4.78 is 0. The molecule has 0 heterocycles. The van der Waals surface area contributed by atoms with Gasteiger partial charge in [0.2, 0.25) is 0 Å². The lowest BCUT2D eigenvalue weighted by atomic mass is 9.83. The van der Waals surface area contributed by atoms with Crippen molar-refractivity contribution in [3.05, 3.63) is 12.2 Å². The predicted molar refractivity (Wildman–Crippen MR) is 56.0 cm³/mol. The summed E-state index contributed by atoms with van der Waals surface area (Å²) in [5.41, 5.74) is 7.24. The van der Waals surface area contributed by atoms with Crippen molar-refractivity contribution in [1.29, 1.82) is 0 Å².